The highest BCUT2D eigenvalue weighted by atomic mass is 35.5. The standard InChI is InChI=1S/C14H17ClF3NO/c15-11-1-3-12(4-2-11)19-13(9-20)7-5-10(6-8-13)14(16,17)18/h1-4,10,19-20H,5-9H2. The zero-order valence-electron chi connectivity index (χ0n) is 10.9. The van der Waals surface area contributed by atoms with Gasteiger partial charge in [0.05, 0.1) is 18.1 Å². The number of alkyl halides is 3. The topological polar surface area (TPSA) is 32.3 Å². The Bertz CT molecular complexity index is 439. The predicted molar refractivity (Wildman–Crippen MR) is 72.9 cm³/mol. The quantitative estimate of drug-likeness (QED) is 0.875. The van der Waals surface area contributed by atoms with Gasteiger partial charge in [-0.15, -0.1) is 0 Å². The highest BCUT2D eigenvalue weighted by molar-refractivity contribution is 6.30. The van der Waals surface area contributed by atoms with Crippen LogP contribution in [0.3, 0.4) is 0 Å². The lowest BCUT2D eigenvalue weighted by Gasteiger charge is -2.40. The third-order valence-corrected chi connectivity index (χ3v) is 4.21. The van der Waals surface area contributed by atoms with Crippen molar-refractivity contribution in [1.82, 2.24) is 0 Å². The minimum Gasteiger partial charge on any atom is -0.394 e. The van der Waals surface area contributed by atoms with E-state index in [1.807, 2.05) is 0 Å². The Morgan fingerprint density at radius 2 is 1.75 bits per heavy atom. The maximum atomic E-state index is 12.7. The molecular weight excluding hydrogens is 291 g/mol. The van der Waals surface area contributed by atoms with Gasteiger partial charge in [0.2, 0.25) is 0 Å². The summed E-state index contributed by atoms with van der Waals surface area (Å²) in [6.45, 7) is -0.180. The Morgan fingerprint density at radius 1 is 1.20 bits per heavy atom. The van der Waals surface area contributed by atoms with Gasteiger partial charge in [-0.2, -0.15) is 13.2 Å². The van der Waals surface area contributed by atoms with Crippen LogP contribution in [0.25, 0.3) is 0 Å². The molecule has 0 aromatic heterocycles. The van der Waals surface area contributed by atoms with Gasteiger partial charge in [-0.1, -0.05) is 11.6 Å². The molecule has 1 aliphatic carbocycles. The molecule has 0 spiro atoms. The van der Waals surface area contributed by atoms with Crippen molar-refractivity contribution in [2.75, 3.05) is 11.9 Å². The van der Waals surface area contributed by atoms with Crippen molar-refractivity contribution >= 4 is 17.3 Å². The van der Waals surface area contributed by atoms with E-state index in [-0.39, 0.29) is 19.4 Å². The van der Waals surface area contributed by atoms with Crippen molar-refractivity contribution in [2.45, 2.75) is 37.4 Å². The van der Waals surface area contributed by atoms with Crippen LogP contribution in [-0.2, 0) is 0 Å². The molecule has 0 atom stereocenters. The number of nitrogens with one attached hydrogen (secondary N) is 1. The third kappa shape index (κ3) is 3.58. The van der Waals surface area contributed by atoms with E-state index in [1.165, 1.54) is 0 Å². The van der Waals surface area contributed by atoms with Gasteiger partial charge < -0.3 is 10.4 Å². The van der Waals surface area contributed by atoms with E-state index >= 15 is 0 Å². The lowest BCUT2D eigenvalue weighted by molar-refractivity contribution is -0.184. The smallest absolute Gasteiger partial charge is 0.391 e. The summed E-state index contributed by atoms with van der Waals surface area (Å²) in [4.78, 5) is 0. The summed E-state index contributed by atoms with van der Waals surface area (Å²) in [6.07, 6.45) is -3.44. The van der Waals surface area contributed by atoms with E-state index in [9.17, 15) is 18.3 Å². The molecule has 112 valence electrons. The number of halogens is 4. The van der Waals surface area contributed by atoms with Crippen LogP contribution < -0.4 is 5.32 Å². The van der Waals surface area contributed by atoms with Gasteiger partial charge in [0.15, 0.2) is 0 Å². The van der Waals surface area contributed by atoms with E-state index in [0.717, 1.165) is 5.69 Å². The first-order chi connectivity index (χ1) is 9.35. The molecule has 20 heavy (non-hydrogen) atoms. The molecule has 1 fully saturated rings. The van der Waals surface area contributed by atoms with Gasteiger partial charge in [0.25, 0.3) is 0 Å². The number of hydrogen-bond donors (Lipinski definition) is 2. The SMILES string of the molecule is OCC1(Nc2ccc(Cl)cc2)CCC(C(F)(F)F)CC1. The zero-order chi connectivity index (χ0) is 14.8. The lowest BCUT2D eigenvalue weighted by atomic mass is 9.76. The molecule has 2 rings (SSSR count). The second kappa shape index (κ2) is 5.82. The van der Waals surface area contributed by atoms with E-state index in [1.54, 1.807) is 24.3 Å². The third-order valence-electron chi connectivity index (χ3n) is 3.96. The summed E-state index contributed by atoms with van der Waals surface area (Å²) in [5, 5.41) is 13.3. The highest BCUT2D eigenvalue weighted by Crippen LogP contribution is 2.42. The Labute approximate surface area is 120 Å². The molecule has 1 aliphatic rings. The van der Waals surface area contributed by atoms with Gasteiger partial charge >= 0.3 is 6.18 Å². The first kappa shape index (κ1) is 15.4. The van der Waals surface area contributed by atoms with Crippen molar-refractivity contribution in [2.24, 2.45) is 5.92 Å². The fourth-order valence-corrected chi connectivity index (χ4v) is 2.79. The highest BCUT2D eigenvalue weighted by Gasteiger charge is 2.45. The van der Waals surface area contributed by atoms with Crippen LogP contribution in [0.4, 0.5) is 18.9 Å². The monoisotopic (exact) mass is 307 g/mol. The molecule has 0 heterocycles. The van der Waals surface area contributed by atoms with E-state index in [4.69, 9.17) is 11.6 Å². The second-order valence-electron chi connectivity index (χ2n) is 5.39. The largest absolute Gasteiger partial charge is 0.394 e. The Balaban J connectivity index is 2.03. The van der Waals surface area contributed by atoms with Crippen molar-refractivity contribution in [3.63, 3.8) is 0 Å². The first-order valence-corrected chi connectivity index (χ1v) is 6.94. The molecule has 1 saturated carbocycles. The molecule has 2 N–H and O–H groups in total. The summed E-state index contributed by atoms with van der Waals surface area (Å²) in [5.74, 6) is -1.26. The van der Waals surface area contributed by atoms with Crippen LogP contribution >= 0.6 is 11.6 Å². The molecule has 0 radical (unpaired) electrons. The van der Waals surface area contributed by atoms with Crippen molar-refractivity contribution in [1.29, 1.82) is 0 Å². The number of benzene rings is 1. The molecule has 0 saturated heterocycles. The summed E-state index contributed by atoms with van der Waals surface area (Å²) in [7, 11) is 0. The molecule has 2 nitrogen and oxygen atoms in total. The summed E-state index contributed by atoms with van der Waals surface area (Å²) in [6, 6.07) is 6.93. The Hall–Kier alpha value is -0.940. The molecule has 0 bridgehead atoms. The average Bonchev–Trinajstić information content (AvgIpc) is 2.41. The fourth-order valence-electron chi connectivity index (χ4n) is 2.66. The van der Waals surface area contributed by atoms with Gasteiger partial charge in [-0.3, -0.25) is 0 Å². The van der Waals surface area contributed by atoms with E-state index in [2.05, 4.69) is 5.32 Å². The van der Waals surface area contributed by atoms with Crippen molar-refractivity contribution in [3.8, 4) is 0 Å². The Morgan fingerprint density at radius 3 is 2.20 bits per heavy atom. The van der Waals surface area contributed by atoms with Gasteiger partial charge in [0, 0.05) is 10.7 Å². The molecule has 6 heteroatoms. The summed E-state index contributed by atoms with van der Waals surface area (Å²) >= 11 is 5.79. The number of aliphatic hydroxyl groups excluding tert-OH is 1. The zero-order valence-corrected chi connectivity index (χ0v) is 11.6. The normalized spacial score (nSPS) is 27.4. The number of rotatable bonds is 3. The molecule has 1 aromatic carbocycles. The maximum Gasteiger partial charge on any atom is 0.391 e. The number of anilines is 1. The van der Waals surface area contributed by atoms with Crippen LogP contribution in [0.2, 0.25) is 5.02 Å². The minimum atomic E-state index is -4.14. The van der Waals surface area contributed by atoms with Gasteiger partial charge in [0.1, 0.15) is 0 Å². The van der Waals surface area contributed by atoms with Gasteiger partial charge in [-0.05, 0) is 49.9 Å². The van der Waals surface area contributed by atoms with Crippen LogP contribution in [-0.4, -0.2) is 23.4 Å². The van der Waals surface area contributed by atoms with Gasteiger partial charge in [-0.25, -0.2) is 0 Å². The van der Waals surface area contributed by atoms with Crippen molar-refractivity contribution < 1.29 is 18.3 Å². The molecule has 1 aromatic rings. The summed E-state index contributed by atoms with van der Waals surface area (Å²) in [5.41, 5.74) is 0.0872. The van der Waals surface area contributed by atoms with E-state index < -0.39 is 17.6 Å². The van der Waals surface area contributed by atoms with Crippen LogP contribution in [0.5, 0.6) is 0 Å². The molecule has 0 unspecified atom stereocenters. The predicted octanol–water partition coefficient (Wildman–Crippen LogP) is 4.24. The number of hydrogen-bond acceptors (Lipinski definition) is 2. The lowest BCUT2D eigenvalue weighted by Crippen LogP contribution is -2.47. The van der Waals surface area contributed by atoms with Crippen molar-refractivity contribution in [3.05, 3.63) is 29.3 Å². The minimum absolute atomic E-state index is 0.0463. The Kier molecular flexibility index (Phi) is 4.49. The molecular formula is C14H17ClF3NO. The first-order valence-electron chi connectivity index (χ1n) is 6.56. The molecule has 0 aliphatic heterocycles. The summed E-state index contributed by atoms with van der Waals surface area (Å²) < 4.78 is 38.0. The maximum absolute atomic E-state index is 12.7. The second-order valence-corrected chi connectivity index (χ2v) is 5.82. The van der Waals surface area contributed by atoms with E-state index in [0.29, 0.717) is 17.9 Å². The van der Waals surface area contributed by atoms with Crippen LogP contribution in [0.15, 0.2) is 24.3 Å². The fraction of sp³-hybridized carbons (Fsp3) is 0.571. The molecule has 0 amide bonds. The van der Waals surface area contributed by atoms with Crippen LogP contribution in [0, 0.1) is 5.92 Å². The number of aliphatic hydroxyl groups is 1. The average molecular weight is 308 g/mol. The van der Waals surface area contributed by atoms with Crippen LogP contribution in [0.1, 0.15) is 25.7 Å².